The number of hydrogen-bond acceptors (Lipinski definition) is 5. The molecule has 0 atom stereocenters. The maximum atomic E-state index is 11.4. The zero-order valence-corrected chi connectivity index (χ0v) is 10.3. The second-order valence-electron chi connectivity index (χ2n) is 3.72. The van der Waals surface area contributed by atoms with E-state index >= 15 is 0 Å². The highest BCUT2D eigenvalue weighted by molar-refractivity contribution is 7.90. The average molecular weight is 262 g/mol. The normalized spacial score (nSPS) is 11.9. The Labute approximate surface area is 98.7 Å². The molecule has 1 heterocycles. The minimum absolute atomic E-state index is 0.000131. The first-order valence-electron chi connectivity index (χ1n) is 4.90. The van der Waals surface area contributed by atoms with Crippen molar-refractivity contribution in [2.45, 2.75) is 32.2 Å². The molecular weight excluding hydrogens is 248 g/mol. The molecule has 2 N–H and O–H groups in total. The molecule has 0 unspecified atom stereocenters. The van der Waals surface area contributed by atoms with Gasteiger partial charge >= 0.3 is 5.97 Å². The third-order valence-corrected chi connectivity index (χ3v) is 3.75. The lowest BCUT2D eigenvalue weighted by atomic mass is 10.5. The molecule has 17 heavy (non-hydrogen) atoms. The second kappa shape index (κ2) is 5.23. The largest absolute Gasteiger partial charge is 0.480 e. The zero-order valence-electron chi connectivity index (χ0n) is 9.49. The first-order chi connectivity index (χ1) is 7.81. The number of hydrogen-bond donors (Lipinski definition) is 2. The third kappa shape index (κ3) is 4.11. The van der Waals surface area contributed by atoms with Gasteiger partial charge in [-0.05, 0) is 13.8 Å². The molecule has 96 valence electrons. The number of aliphatic carboxylic acids is 1. The number of aromatic nitrogens is 3. The lowest BCUT2D eigenvalue weighted by molar-refractivity contribution is -0.137. The summed E-state index contributed by atoms with van der Waals surface area (Å²) < 4.78 is 26.3. The van der Waals surface area contributed by atoms with Crippen molar-refractivity contribution in [2.24, 2.45) is 0 Å². The number of nitrogens with one attached hydrogen (secondary N) is 1. The molecule has 0 aliphatic rings. The molecule has 0 fully saturated rings. The Bertz CT molecular complexity index is 493. The Morgan fingerprint density at radius 2 is 2.24 bits per heavy atom. The molecule has 9 heteroatoms. The zero-order chi connectivity index (χ0) is 13.1. The lowest BCUT2D eigenvalue weighted by Crippen LogP contribution is -2.30. The quantitative estimate of drug-likeness (QED) is 0.693. The summed E-state index contributed by atoms with van der Waals surface area (Å²) in [6.45, 7) is 2.82. The van der Waals surface area contributed by atoms with E-state index in [2.05, 4.69) is 15.0 Å². The van der Waals surface area contributed by atoms with E-state index in [1.54, 1.807) is 13.8 Å². The molecule has 0 saturated heterocycles. The summed E-state index contributed by atoms with van der Waals surface area (Å²) in [5, 5.41) is 15.2. The molecule has 0 aromatic carbocycles. The highest BCUT2D eigenvalue weighted by atomic mass is 32.2. The van der Waals surface area contributed by atoms with Gasteiger partial charge in [0.05, 0.1) is 23.7 Å². The Kier molecular flexibility index (Phi) is 4.18. The summed E-state index contributed by atoms with van der Waals surface area (Å²) in [4.78, 5) is 10.4. The summed E-state index contributed by atoms with van der Waals surface area (Å²) >= 11 is 0. The van der Waals surface area contributed by atoms with Gasteiger partial charge in [-0.15, -0.1) is 5.10 Å². The number of sulfonamides is 1. The second-order valence-corrected chi connectivity index (χ2v) is 6.04. The van der Waals surface area contributed by atoms with Gasteiger partial charge in [0.25, 0.3) is 0 Å². The molecular formula is C8H14N4O4S. The minimum atomic E-state index is -3.35. The molecule has 0 radical (unpaired) electrons. The van der Waals surface area contributed by atoms with Crippen LogP contribution in [0.4, 0.5) is 0 Å². The molecule has 0 amide bonds. The minimum Gasteiger partial charge on any atom is -0.480 e. The Morgan fingerprint density at radius 1 is 1.59 bits per heavy atom. The van der Waals surface area contributed by atoms with Crippen molar-refractivity contribution in [3.63, 3.8) is 0 Å². The lowest BCUT2D eigenvalue weighted by Gasteiger charge is -2.07. The van der Waals surface area contributed by atoms with Crippen molar-refractivity contribution in [3.8, 4) is 0 Å². The fraction of sp³-hybridized carbons (Fsp3) is 0.625. The van der Waals surface area contributed by atoms with Gasteiger partial charge in [-0.1, -0.05) is 5.21 Å². The van der Waals surface area contributed by atoms with E-state index in [9.17, 15) is 13.2 Å². The summed E-state index contributed by atoms with van der Waals surface area (Å²) in [5.74, 6) is -1.04. The molecule has 0 saturated carbocycles. The van der Waals surface area contributed by atoms with Gasteiger partial charge in [-0.25, -0.2) is 17.8 Å². The van der Waals surface area contributed by atoms with E-state index in [1.165, 1.54) is 6.20 Å². The van der Waals surface area contributed by atoms with Crippen LogP contribution in [0.25, 0.3) is 0 Å². The average Bonchev–Trinajstić information content (AvgIpc) is 2.61. The smallest absolute Gasteiger partial charge is 0.325 e. The van der Waals surface area contributed by atoms with Gasteiger partial charge in [0, 0.05) is 0 Å². The first kappa shape index (κ1) is 13.6. The number of carbonyl (C=O) groups is 1. The highest BCUT2D eigenvalue weighted by Crippen LogP contribution is 1.99. The van der Waals surface area contributed by atoms with Crippen LogP contribution in [0.15, 0.2) is 6.20 Å². The van der Waals surface area contributed by atoms with Crippen LogP contribution in [0.2, 0.25) is 0 Å². The summed E-state index contributed by atoms with van der Waals surface area (Å²) in [7, 11) is -3.35. The number of rotatable bonds is 6. The standard InChI is InChI=1S/C8H14N4O4S/c1-6(2)17(15,16)9-3-7-4-12(11-10-7)5-8(13)14/h4,6,9H,3,5H2,1-2H3,(H,13,14). The molecule has 0 aliphatic carbocycles. The van der Waals surface area contributed by atoms with Gasteiger partial charge in [-0.3, -0.25) is 4.79 Å². The van der Waals surface area contributed by atoms with Crippen LogP contribution in [0.1, 0.15) is 19.5 Å². The third-order valence-electron chi connectivity index (χ3n) is 1.96. The maximum Gasteiger partial charge on any atom is 0.325 e. The molecule has 0 bridgehead atoms. The molecule has 1 aromatic rings. The van der Waals surface area contributed by atoms with E-state index < -0.39 is 21.2 Å². The van der Waals surface area contributed by atoms with E-state index in [0.717, 1.165) is 4.68 Å². The Hall–Kier alpha value is -1.48. The SMILES string of the molecule is CC(C)S(=O)(=O)NCc1cn(CC(=O)O)nn1. The Morgan fingerprint density at radius 3 is 2.76 bits per heavy atom. The van der Waals surface area contributed by atoms with E-state index in [4.69, 9.17) is 5.11 Å². The topological polar surface area (TPSA) is 114 Å². The van der Waals surface area contributed by atoms with Crippen molar-refractivity contribution in [1.82, 2.24) is 19.7 Å². The van der Waals surface area contributed by atoms with Crippen LogP contribution in [0.3, 0.4) is 0 Å². The van der Waals surface area contributed by atoms with Crippen LogP contribution in [0.5, 0.6) is 0 Å². The number of carboxylic acid groups (broad SMARTS) is 1. The van der Waals surface area contributed by atoms with E-state index in [1.807, 2.05) is 0 Å². The van der Waals surface area contributed by atoms with Crippen LogP contribution in [-0.4, -0.2) is 39.7 Å². The fourth-order valence-electron chi connectivity index (χ4n) is 0.977. The molecule has 0 spiro atoms. The van der Waals surface area contributed by atoms with Crippen molar-refractivity contribution in [1.29, 1.82) is 0 Å². The van der Waals surface area contributed by atoms with Crippen LogP contribution in [-0.2, 0) is 27.9 Å². The number of nitrogens with zero attached hydrogens (tertiary/aromatic N) is 3. The monoisotopic (exact) mass is 262 g/mol. The van der Waals surface area contributed by atoms with Gasteiger partial charge in [0.2, 0.25) is 10.0 Å². The fourth-order valence-corrected chi connectivity index (χ4v) is 1.66. The summed E-state index contributed by atoms with van der Waals surface area (Å²) in [5.41, 5.74) is 0.371. The van der Waals surface area contributed by atoms with Crippen molar-refractivity contribution < 1.29 is 18.3 Å². The Balaban J connectivity index is 2.59. The summed E-state index contributed by atoms with van der Waals surface area (Å²) in [6, 6.07) is 0. The van der Waals surface area contributed by atoms with Crippen LogP contribution >= 0.6 is 0 Å². The molecule has 1 rings (SSSR count). The van der Waals surface area contributed by atoms with Crippen LogP contribution in [0, 0.1) is 0 Å². The van der Waals surface area contributed by atoms with Crippen molar-refractivity contribution in [3.05, 3.63) is 11.9 Å². The van der Waals surface area contributed by atoms with Gasteiger partial charge in [0.1, 0.15) is 6.54 Å². The predicted molar refractivity (Wildman–Crippen MR) is 58.6 cm³/mol. The summed E-state index contributed by atoms with van der Waals surface area (Å²) in [6.07, 6.45) is 1.39. The van der Waals surface area contributed by atoms with Gasteiger partial charge in [0.15, 0.2) is 0 Å². The van der Waals surface area contributed by atoms with E-state index in [-0.39, 0.29) is 13.1 Å². The first-order valence-corrected chi connectivity index (χ1v) is 6.45. The number of carboxylic acids is 1. The highest BCUT2D eigenvalue weighted by Gasteiger charge is 2.15. The van der Waals surface area contributed by atoms with Crippen LogP contribution < -0.4 is 4.72 Å². The molecule has 0 aliphatic heterocycles. The maximum absolute atomic E-state index is 11.4. The molecule has 8 nitrogen and oxygen atoms in total. The predicted octanol–water partition coefficient (Wildman–Crippen LogP) is -0.809. The van der Waals surface area contributed by atoms with Crippen molar-refractivity contribution >= 4 is 16.0 Å². The van der Waals surface area contributed by atoms with Crippen molar-refractivity contribution in [2.75, 3.05) is 0 Å². The van der Waals surface area contributed by atoms with Gasteiger partial charge in [-0.2, -0.15) is 0 Å². The van der Waals surface area contributed by atoms with E-state index in [0.29, 0.717) is 5.69 Å². The van der Waals surface area contributed by atoms with Gasteiger partial charge < -0.3 is 5.11 Å². The molecule has 1 aromatic heterocycles.